The number of aromatic nitrogens is 2. The van der Waals surface area contributed by atoms with E-state index >= 15 is 0 Å². The van der Waals surface area contributed by atoms with Gasteiger partial charge in [-0.3, -0.25) is 0 Å². The van der Waals surface area contributed by atoms with Crippen LogP contribution < -0.4 is 5.73 Å². The summed E-state index contributed by atoms with van der Waals surface area (Å²) in [6.07, 6.45) is -4.54. The number of alkyl halides is 3. The Labute approximate surface area is 116 Å². The van der Waals surface area contributed by atoms with Crippen LogP contribution >= 0.6 is 0 Å². The Hall–Kier alpha value is -2.58. The number of esters is 1. The predicted octanol–water partition coefficient (Wildman–Crippen LogP) is 2.51. The average Bonchev–Trinajstić information content (AvgIpc) is 2.87. The second-order valence-electron chi connectivity index (χ2n) is 3.94. The maximum atomic E-state index is 12.7. The molecule has 0 spiro atoms. The van der Waals surface area contributed by atoms with Crippen LogP contribution in [0, 0.1) is 0 Å². The first-order valence-corrected chi connectivity index (χ1v) is 5.81. The number of benzene rings is 1. The first-order valence-electron chi connectivity index (χ1n) is 5.81. The largest absolute Gasteiger partial charge is 0.460 e. The third-order valence-electron chi connectivity index (χ3n) is 2.50. The Morgan fingerprint density at radius 1 is 1.43 bits per heavy atom. The lowest BCUT2D eigenvalue weighted by molar-refractivity contribution is -0.137. The maximum Gasteiger partial charge on any atom is 0.416 e. The summed E-state index contributed by atoms with van der Waals surface area (Å²) in [4.78, 5) is 15.1. The van der Waals surface area contributed by atoms with Crippen molar-refractivity contribution in [3.8, 4) is 11.5 Å². The fraction of sp³-hybridized carbons (Fsp3) is 0.250. The minimum absolute atomic E-state index is 0.0158. The molecule has 6 nitrogen and oxygen atoms in total. The zero-order valence-electron chi connectivity index (χ0n) is 10.8. The number of nitrogens with two attached hydrogens (primary N) is 1. The van der Waals surface area contributed by atoms with Gasteiger partial charge in [0.15, 0.2) is 0 Å². The van der Waals surface area contributed by atoms with Gasteiger partial charge < -0.3 is 15.0 Å². The molecule has 1 aromatic carbocycles. The van der Waals surface area contributed by atoms with E-state index in [4.69, 9.17) is 10.3 Å². The zero-order valence-corrected chi connectivity index (χ0v) is 10.8. The smallest absolute Gasteiger partial charge is 0.416 e. The number of carbonyl (C=O) groups is 1. The third kappa shape index (κ3) is 3.12. The molecule has 21 heavy (non-hydrogen) atoms. The Morgan fingerprint density at radius 2 is 2.14 bits per heavy atom. The van der Waals surface area contributed by atoms with Crippen LogP contribution in [0.15, 0.2) is 22.7 Å². The van der Waals surface area contributed by atoms with Crippen molar-refractivity contribution in [2.45, 2.75) is 13.1 Å². The molecule has 0 saturated carbocycles. The van der Waals surface area contributed by atoms with E-state index in [1.165, 1.54) is 0 Å². The van der Waals surface area contributed by atoms with Crippen LogP contribution in [0.4, 0.5) is 18.9 Å². The predicted molar refractivity (Wildman–Crippen MR) is 65.1 cm³/mol. The molecular formula is C12H10F3N3O3. The number of nitrogens with zero attached hydrogens (tertiary/aromatic N) is 2. The first kappa shape index (κ1) is 14.8. The molecule has 0 unspecified atom stereocenters. The Morgan fingerprint density at radius 3 is 2.76 bits per heavy atom. The fourth-order valence-electron chi connectivity index (χ4n) is 1.53. The Kier molecular flexibility index (Phi) is 3.83. The molecule has 0 aliphatic carbocycles. The van der Waals surface area contributed by atoms with Crippen molar-refractivity contribution >= 4 is 11.7 Å². The van der Waals surface area contributed by atoms with Gasteiger partial charge in [0, 0.05) is 5.69 Å². The van der Waals surface area contributed by atoms with Gasteiger partial charge in [-0.2, -0.15) is 18.2 Å². The number of hydrogen-bond donors (Lipinski definition) is 1. The number of halogens is 3. The third-order valence-corrected chi connectivity index (χ3v) is 2.50. The monoisotopic (exact) mass is 301 g/mol. The SMILES string of the molecule is CCOC(=O)c1noc(-c2cc(C(F)(F)F)ccc2N)n1. The molecule has 0 bridgehead atoms. The van der Waals surface area contributed by atoms with Crippen molar-refractivity contribution in [3.05, 3.63) is 29.6 Å². The summed E-state index contributed by atoms with van der Waals surface area (Å²) in [5, 5.41) is 3.35. The van der Waals surface area contributed by atoms with E-state index in [0.29, 0.717) is 0 Å². The van der Waals surface area contributed by atoms with Crippen LogP contribution in [-0.4, -0.2) is 22.7 Å². The van der Waals surface area contributed by atoms with Gasteiger partial charge in [0.2, 0.25) is 0 Å². The zero-order chi connectivity index (χ0) is 15.6. The highest BCUT2D eigenvalue weighted by atomic mass is 19.4. The molecule has 0 aliphatic rings. The Balaban J connectivity index is 2.40. The first-order chi connectivity index (χ1) is 9.82. The highest BCUT2D eigenvalue weighted by Crippen LogP contribution is 2.34. The van der Waals surface area contributed by atoms with Gasteiger partial charge in [-0.15, -0.1) is 0 Å². The maximum absolute atomic E-state index is 12.7. The average molecular weight is 301 g/mol. The fourth-order valence-corrected chi connectivity index (χ4v) is 1.53. The van der Waals surface area contributed by atoms with Crippen LogP contribution in [0.2, 0.25) is 0 Å². The van der Waals surface area contributed by atoms with Crippen molar-refractivity contribution in [2.75, 3.05) is 12.3 Å². The number of ether oxygens (including phenoxy) is 1. The molecule has 0 fully saturated rings. The minimum atomic E-state index is -4.54. The van der Waals surface area contributed by atoms with Crippen molar-refractivity contribution < 1.29 is 27.2 Å². The van der Waals surface area contributed by atoms with Gasteiger partial charge >= 0.3 is 12.1 Å². The lowest BCUT2D eigenvalue weighted by Crippen LogP contribution is -2.07. The molecule has 2 rings (SSSR count). The van der Waals surface area contributed by atoms with Crippen LogP contribution in [0.25, 0.3) is 11.5 Å². The van der Waals surface area contributed by atoms with E-state index in [9.17, 15) is 18.0 Å². The molecule has 112 valence electrons. The minimum Gasteiger partial charge on any atom is -0.460 e. The normalized spacial score (nSPS) is 11.4. The molecule has 2 N–H and O–H groups in total. The van der Waals surface area contributed by atoms with Crippen molar-refractivity contribution in [1.29, 1.82) is 0 Å². The standard InChI is InChI=1S/C12H10F3N3O3/c1-2-20-11(19)9-17-10(21-18-9)7-5-6(12(13,14)15)3-4-8(7)16/h3-5H,2,16H2,1H3. The molecular weight excluding hydrogens is 291 g/mol. The number of hydrogen-bond acceptors (Lipinski definition) is 6. The molecule has 0 aliphatic heterocycles. The molecule has 1 heterocycles. The molecule has 9 heteroatoms. The number of anilines is 1. The summed E-state index contributed by atoms with van der Waals surface area (Å²) >= 11 is 0. The highest BCUT2D eigenvalue weighted by molar-refractivity contribution is 5.85. The summed E-state index contributed by atoms with van der Waals surface area (Å²) in [6.45, 7) is 1.69. The summed E-state index contributed by atoms with van der Waals surface area (Å²) < 4.78 is 47.4. The van der Waals surface area contributed by atoms with Gasteiger partial charge in [-0.05, 0) is 30.3 Å². The van der Waals surface area contributed by atoms with Crippen LogP contribution in [0.5, 0.6) is 0 Å². The van der Waals surface area contributed by atoms with Gasteiger partial charge in [0.1, 0.15) is 0 Å². The van der Waals surface area contributed by atoms with Crippen LogP contribution in [0.1, 0.15) is 23.1 Å². The molecule has 0 radical (unpaired) electrons. The lowest BCUT2D eigenvalue weighted by Gasteiger charge is -2.08. The number of rotatable bonds is 3. The number of carbonyl (C=O) groups excluding carboxylic acids is 1. The topological polar surface area (TPSA) is 91.2 Å². The van der Waals surface area contributed by atoms with Gasteiger partial charge in [-0.1, -0.05) is 0 Å². The van der Waals surface area contributed by atoms with Crippen molar-refractivity contribution in [3.63, 3.8) is 0 Å². The molecule has 2 aromatic rings. The van der Waals surface area contributed by atoms with E-state index in [-0.39, 0.29) is 29.6 Å². The molecule has 0 atom stereocenters. The summed E-state index contributed by atoms with van der Waals surface area (Å²) in [7, 11) is 0. The van der Waals surface area contributed by atoms with Crippen LogP contribution in [0.3, 0.4) is 0 Å². The van der Waals surface area contributed by atoms with E-state index in [2.05, 4.69) is 14.9 Å². The van der Waals surface area contributed by atoms with E-state index < -0.39 is 17.7 Å². The van der Waals surface area contributed by atoms with Crippen molar-refractivity contribution in [2.24, 2.45) is 0 Å². The molecule has 1 aromatic heterocycles. The van der Waals surface area contributed by atoms with E-state index in [0.717, 1.165) is 18.2 Å². The quantitative estimate of drug-likeness (QED) is 0.692. The second kappa shape index (κ2) is 5.43. The van der Waals surface area contributed by atoms with Gasteiger partial charge in [0.05, 0.1) is 17.7 Å². The van der Waals surface area contributed by atoms with Crippen LogP contribution in [-0.2, 0) is 10.9 Å². The van der Waals surface area contributed by atoms with Gasteiger partial charge in [0.25, 0.3) is 11.7 Å². The number of nitrogen functional groups attached to an aromatic ring is 1. The van der Waals surface area contributed by atoms with E-state index in [1.807, 2.05) is 0 Å². The molecule has 0 saturated heterocycles. The second-order valence-corrected chi connectivity index (χ2v) is 3.94. The summed E-state index contributed by atoms with van der Waals surface area (Å²) in [5.41, 5.74) is 4.60. The lowest BCUT2D eigenvalue weighted by atomic mass is 10.1. The molecule has 0 amide bonds. The van der Waals surface area contributed by atoms with Gasteiger partial charge in [-0.25, -0.2) is 4.79 Å². The highest BCUT2D eigenvalue weighted by Gasteiger charge is 2.31. The van der Waals surface area contributed by atoms with E-state index in [1.54, 1.807) is 6.92 Å². The summed E-state index contributed by atoms with van der Waals surface area (Å²) in [5.74, 6) is -1.51. The Bertz CT molecular complexity index is 667. The summed E-state index contributed by atoms with van der Waals surface area (Å²) in [6, 6.07) is 2.69. The van der Waals surface area contributed by atoms with Crippen molar-refractivity contribution in [1.82, 2.24) is 10.1 Å².